The van der Waals surface area contributed by atoms with Gasteiger partial charge in [0.1, 0.15) is 0 Å². The van der Waals surface area contributed by atoms with Gasteiger partial charge in [-0.05, 0) is 48.1 Å². The Hall–Kier alpha value is -0.0400. The molecule has 122 valence electrons. The van der Waals surface area contributed by atoms with E-state index in [2.05, 4.69) is 6.92 Å². The predicted molar refractivity (Wildman–Crippen MR) is 90.5 cm³/mol. The molecule has 0 aromatic carbocycles. The summed E-state index contributed by atoms with van der Waals surface area (Å²) in [5.41, 5.74) is 0. The minimum absolute atomic E-state index is 0.137. The first-order chi connectivity index (χ1) is 10.2. The van der Waals surface area contributed by atoms with Gasteiger partial charge in [-0.15, -0.1) is 0 Å². The molecule has 0 aliphatic heterocycles. The lowest BCUT2D eigenvalue weighted by Crippen LogP contribution is -2.18. The van der Waals surface area contributed by atoms with E-state index in [1.807, 2.05) is 0 Å². The van der Waals surface area contributed by atoms with Crippen molar-refractivity contribution in [3.05, 3.63) is 0 Å². The summed E-state index contributed by atoms with van der Waals surface area (Å²) in [5.74, 6) is 3.56. The number of rotatable bonds is 7. The molecule has 2 saturated carbocycles. The number of carbonyl (C=O) groups is 1. The first kappa shape index (κ1) is 17.3. The summed E-state index contributed by atoms with van der Waals surface area (Å²) < 4.78 is 0. The van der Waals surface area contributed by atoms with Crippen LogP contribution in [0.5, 0.6) is 0 Å². The zero-order valence-electron chi connectivity index (χ0n) is 13.8. The quantitative estimate of drug-likeness (QED) is 0.502. The molecule has 1 nitrogen and oxygen atoms in total. The van der Waals surface area contributed by atoms with Gasteiger partial charge in [-0.25, -0.2) is 0 Å². The molecule has 0 aromatic heterocycles. The van der Waals surface area contributed by atoms with E-state index in [0.29, 0.717) is 12.3 Å². The lowest BCUT2D eigenvalue weighted by molar-refractivity contribution is -0.112. The molecule has 2 heteroatoms. The lowest BCUT2D eigenvalue weighted by atomic mass is 9.74. The van der Waals surface area contributed by atoms with Gasteiger partial charge < -0.3 is 0 Å². The minimum atomic E-state index is -0.137. The Labute approximate surface area is 136 Å². The second kappa shape index (κ2) is 9.18. The molecule has 2 fully saturated rings. The van der Waals surface area contributed by atoms with Crippen molar-refractivity contribution in [1.29, 1.82) is 0 Å². The lowest BCUT2D eigenvalue weighted by Gasteiger charge is -2.31. The highest BCUT2D eigenvalue weighted by molar-refractivity contribution is 6.63. The summed E-state index contributed by atoms with van der Waals surface area (Å²) in [6, 6.07) is 0. The number of halogens is 1. The molecule has 0 unspecified atom stereocenters. The van der Waals surface area contributed by atoms with Crippen LogP contribution in [0.25, 0.3) is 0 Å². The van der Waals surface area contributed by atoms with Crippen LogP contribution < -0.4 is 0 Å². The summed E-state index contributed by atoms with van der Waals surface area (Å²) >= 11 is 5.51. The second-order valence-electron chi connectivity index (χ2n) is 7.70. The van der Waals surface area contributed by atoms with Crippen LogP contribution >= 0.6 is 11.6 Å². The smallest absolute Gasteiger partial charge is 0.221 e. The Morgan fingerprint density at radius 3 is 1.52 bits per heavy atom. The third kappa shape index (κ3) is 6.30. The number of hydrogen-bond acceptors (Lipinski definition) is 1. The van der Waals surface area contributed by atoms with Crippen molar-refractivity contribution >= 4 is 16.8 Å². The molecule has 0 radical (unpaired) electrons. The van der Waals surface area contributed by atoms with E-state index in [0.717, 1.165) is 17.8 Å². The Morgan fingerprint density at radius 1 is 0.762 bits per heavy atom. The fraction of sp³-hybridized carbons (Fsp3) is 0.947. The fourth-order valence-electron chi connectivity index (χ4n) is 4.64. The molecule has 2 aliphatic carbocycles. The number of carbonyl (C=O) groups excluding carboxylic acids is 1. The monoisotopic (exact) mass is 312 g/mol. The molecule has 0 heterocycles. The van der Waals surface area contributed by atoms with Gasteiger partial charge in [0.2, 0.25) is 5.24 Å². The molecule has 0 spiro atoms. The first-order valence-corrected chi connectivity index (χ1v) is 9.73. The molecular formula is C19H33ClO. The summed E-state index contributed by atoms with van der Waals surface area (Å²) in [4.78, 5) is 11.0. The van der Waals surface area contributed by atoms with Gasteiger partial charge in [0.25, 0.3) is 0 Å². The van der Waals surface area contributed by atoms with Crippen LogP contribution in [0.2, 0.25) is 0 Å². The highest BCUT2D eigenvalue weighted by Gasteiger charge is 2.25. The van der Waals surface area contributed by atoms with Crippen molar-refractivity contribution in [2.24, 2.45) is 23.7 Å². The third-order valence-electron chi connectivity index (χ3n) is 6.06. The average Bonchev–Trinajstić information content (AvgIpc) is 2.48. The molecule has 2 aliphatic rings. The van der Waals surface area contributed by atoms with Crippen molar-refractivity contribution in [2.75, 3.05) is 0 Å². The van der Waals surface area contributed by atoms with Crippen molar-refractivity contribution in [2.45, 2.75) is 90.4 Å². The van der Waals surface area contributed by atoms with Crippen molar-refractivity contribution in [1.82, 2.24) is 0 Å². The Balaban J connectivity index is 1.57. The standard InChI is InChI=1S/C19H33ClO/c1-2-3-15-4-6-16(7-5-15)8-9-17-10-12-18(13-11-17)14-19(20)21/h15-18H,2-14H2,1H3/t15-,16-,17?,18?. The second-order valence-corrected chi connectivity index (χ2v) is 8.12. The Kier molecular flexibility index (Phi) is 7.57. The molecule has 0 saturated heterocycles. The van der Waals surface area contributed by atoms with Crippen molar-refractivity contribution in [3.8, 4) is 0 Å². The molecule has 0 amide bonds. The van der Waals surface area contributed by atoms with Crippen LogP contribution in [-0.4, -0.2) is 5.24 Å². The van der Waals surface area contributed by atoms with Crippen LogP contribution in [0.1, 0.15) is 90.4 Å². The molecule has 0 N–H and O–H groups in total. The summed E-state index contributed by atoms with van der Waals surface area (Å²) in [6.07, 6.45) is 17.4. The zero-order valence-corrected chi connectivity index (χ0v) is 14.5. The zero-order chi connectivity index (χ0) is 15.1. The fourth-order valence-corrected chi connectivity index (χ4v) is 4.86. The first-order valence-electron chi connectivity index (χ1n) is 9.35. The SMILES string of the molecule is CCC[C@H]1CC[C@H](CCC2CCC(CC(=O)Cl)CC2)CC1. The number of hydrogen-bond donors (Lipinski definition) is 0. The van der Waals surface area contributed by atoms with E-state index >= 15 is 0 Å². The average molecular weight is 313 g/mol. The van der Waals surface area contributed by atoms with Gasteiger partial charge in [0.15, 0.2) is 0 Å². The van der Waals surface area contributed by atoms with Crippen molar-refractivity contribution < 1.29 is 4.79 Å². The molecule has 0 bridgehead atoms. The van der Waals surface area contributed by atoms with Gasteiger partial charge in [0, 0.05) is 6.42 Å². The van der Waals surface area contributed by atoms with Crippen LogP contribution in [0.15, 0.2) is 0 Å². The molecule has 21 heavy (non-hydrogen) atoms. The molecule has 2 rings (SSSR count). The maximum absolute atomic E-state index is 11.0. The predicted octanol–water partition coefficient (Wildman–Crippen LogP) is 6.34. The Bertz CT molecular complexity index is 299. The van der Waals surface area contributed by atoms with E-state index < -0.39 is 0 Å². The maximum Gasteiger partial charge on any atom is 0.221 e. The normalized spacial score (nSPS) is 33.8. The van der Waals surface area contributed by atoms with Crippen molar-refractivity contribution in [3.63, 3.8) is 0 Å². The van der Waals surface area contributed by atoms with Crippen LogP contribution in [0.3, 0.4) is 0 Å². The largest absolute Gasteiger partial charge is 0.281 e. The summed E-state index contributed by atoms with van der Waals surface area (Å²) in [7, 11) is 0. The van der Waals surface area contributed by atoms with E-state index in [1.165, 1.54) is 77.0 Å². The van der Waals surface area contributed by atoms with Gasteiger partial charge in [-0.1, -0.05) is 71.1 Å². The summed E-state index contributed by atoms with van der Waals surface area (Å²) in [5, 5.41) is -0.137. The van der Waals surface area contributed by atoms with E-state index in [1.54, 1.807) is 0 Å². The third-order valence-corrected chi connectivity index (χ3v) is 6.22. The molecular weight excluding hydrogens is 280 g/mol. The Morgan fingerprint density at radius 2 is 1.14 bits per heavy atom. The van der Waals surface area contributed by atoms with Crippen LogP contribution in [0, 0.1) is 23.7 Å². The van der Waals surface area contributed by atoms with Gasteiger partial charge in [-0.2, -0.15) is 0 Å². The molecule has 0 aromatic rings. The maximum atomic E-state index is 11.0. The topological polar surface area (TPSA) is 17.1 Å². The van der Waals surface area contributed by atoms with E-state index in [9.17, 15) is 4.79 Å². The highest BCUT2D eigenvalue weighted by Crippen LogP contribution is 2.38. The highest BCUT2D eigenvalue weighted by atomic mass is 35.5. The van der Waals surface area contributed by atoms with Gasteiger partial charge >= 0.3 is 0 Å². The van der Waals surface area contributed by atoms with E-state index in [-0.39, 0.29) is 5.24 Å². The molecule has 0 atom stereocenters. The van der Waals surface area contributed by atoms with E-state index in [4.69, 9.17) is 11.6 Å². The summed E-state index contributed by atoms with van der Waals surface area (Å²) in [6.45, 7) is 2.32. The van der Waals surface area contributed by atoms with Crippen LogP contribution in [0.4, 0.5) is 0 Å². The van der Waals surface area contributed by atoms with Gasteiger partial charge in [-0.3, -0.25) is 4.79 Å². The minimum Gasteiger partial charge on any atom is -0.281 e. The van der Waals surface area contributed by atoms with Gasteiger partial charge in [0.05, 0.1) is 0 Å². The van der Waals surface area contributed by atoms with Crippen LogP contribution in [-0.2, 0) is 4.79 Å².